The van der Waals surface area contributed by atoms with Gasteiger partial charge in [0.1, 0.15) is 16.5 Å². The van der Waals surface area contributed by atoms with Crippen LogP contribution in [0.3, 0.4) is 0 Å². The fraction of sp³-hybridized carbons (Fsp3) is 0.211. The number of anilines is 1. The Bertz CT molecular complexity index is 953. The Labute approximate surface area is 169 Å². The van der Waals surface area contributed by atoms with Gasteiger partial charge in [0, 0.05) is 11.4 Å². The number of benzene rings is 1. The first-order valence-corrected chi connectivity index (χ1v) is 10.0. The van der Waals surface area contributed by atoms with Crippen molar-refractivity contribution in [2.45, 2.75) is 6.42 Å². The van der Waals surface area contributed by atoms with E-state index in [4.69, 9.17) is 14.2 Å². The van der Waals surface area contributed by atoms with E-state index in [0.717, 1.165) is 9.88 Å². The molecule has 0 spiro atoms. The van der Waals surface area contributed by atoms with Crippen LogP contribution in [0.1, 0.15) is 5.69 Å². The molecule has 28 heavy (non-hydrogen) atoms. The molecule has 3 aromatic rings. The summed E-state index contributed by atoms with van der Waals surface area (Å²) in [5.41, 5.74) is 1.05. The minimum Gasteiger partial charge on any atom is -0.497 e. The van der Waals surface area contributed by atoms with Gasteiger partial charge in [0.15, 0.2) is 6.61 Å². The van der Waals surface area contributed by atoms with Gasteiger partial charge in [-0.15, -0.1) is 22.7 Å². The molecule has 0 unspecified atom stereocenters. The Kier molecular flexibility index (Phi) is 6.62. The first kappa shape index (κ1) is 19.8. The minimum absolute atomic E-state index is 0.0115. The number of nitrogens with one attached hydrogen (secondary N) is 1. The monoisotopic (exact) mass is 418 g/mol. The van der Waals surface area contributed by atoms with Gasteiger partial charge >= 0.3 is 5.97 Å². The number of thiophene rings is 1. The maximum Gasteiger partial charge on any atom is 0.312 e. The predicted octanol–water partition coefficient (Wildman–Crippen LogP) is 3.61. The van der Waals surface area contributed by atoms with Gasteiger partial charge < -0.3 is 19.5 Å². The molecule has 146 valence electrons. The zero-order chi connectivity index (χ0) is 19.9. The van der Waals surface area contributed by atoms with E-state index in [2.05, 4.69) is 10.3 Å². The maximum absolute atomic E-state index is 12.1. The number of methoxy groups -OCH3 is 2. The van der Waals surface area contributed by atoms with E-state index in [1.807, 2.05) is 22.9 Å². The van der Waals surface area contributed by atoms with Gasteiger partial charge in [-0.3, -0.25) is 9.59 Å². The molecule has 7 nitrogen and oxygen atoms in total. The predicted molar refractivity (Wildman–Crippen MR) is 108 cm³/mol. The number of nitrogens with zero attached hydrogens (tertiary/aromatic N) is 1. The zero-order valence-electron chi connectivity index (χ0n) is 15.3. The summed E-state index contributed by atoms with van der Waals surface area (Å²) in [6.45, 7) is -0.402. The molecule has 0 bridgehead atoms. The smallest absolute Gasteiger partial charge is 0.312 e. The molecule has 0 atom stereocenters. The van der Waals surface area contributed by atoms with Crippen LogP contribution in [0.5, 0.6) is 11.5 Å². The third kappa shape index (κ3) is 5.08. The van der Waals surface area contributed by atoms with Crippen molar-refractivity contribution in [2.24, 2.45) is 0 Å². The molecule has 2 aromatic heterocycles. The highest BCUT2D eigenvalue weighted by molar-refractivity contribution is 7.20. The second-order valence-electron chi connectivity index (χ2n) is 5.57. The second-order valence-corrected chi connectivity index (χ2v) is 7.38. The molecule has 2 heterocycles. The zero-order valence-corrected chi connectivity index (χ0v) is 16.9. The number of esters is 1. The fourth-order valence-electron chi connectivity index (χ4n) is 2.34. The summed E-state index contributed by atoms with van der Waals surface area (Å²) in [5, 5.41) is 7.30. The Balaban J connectivity index is 1.51. The van der Waals surface area contributed by atoms with E-state index in [0.29, 0.717) is 22.9 Å². The maximum atomic E-state index is 12.1. The van der Waals surface area contributed by atoms with Crippen LogP contribution < -0.4 is 14.8 Å². The number of ether oxygens (including phenoxy) is 3. The van der Waals surface area contributed by atoms with Crippen LogP contribution in [-0.4, -0.2) is 37.7 Å². The van der Waals surface area contributed by atoms with E-state index in [1.54, 1.807) is 29.5 Å². The Hall–Kier alpha value is -2.91. The highest BCUT2D eigenvalue weighted by atomic mass is 32.1. The number of carbonyl (C=O) groups is 2. The number of rotatable bonds is 8. The molecule has 0 aliphatic rings. The van der Waals surface area contributed by atoms with Crippen molar-refractivity contribution in [2.75, 3.05) is 26.1 Å². The SMILES string of the molecule is COc1ccc(OC)c(NC(=O)COC(=O)Cc2csc(-c3cccs3)n2)c1. The van der Waals surface area contributed by atoms with E-state index in [9.17, 15) is 9.59 Å². The number of amides is 1. The van der Waals surface area contributed by atoms with E-state index in [1.165, 1.54) is 25.6 Å². The third-order valence-electron chi connectivity index (χ3n) is 3.65. The molecular weight excluding hydrogens is 400 g/mol. The molecular formula is C19H18N2O5S2. The summed E-state index contributed by atoms with van der Waals surface area (Å²) in [5.74, 6) is 0.0514. The standard InChI is InChI=1S/C19H18N2O5S2/c1-24-13-5-6-15(25-2)14(9-13)21-17(22)10-26-18(23)8-12-11-28-19(20-12)16-4-3-7-27-16/h3-7,9,11H,8,10H2,1-2H3,(H,21,22). The van der Waals surface area contributed by atoms with Gasteiger partial charge in [-0.1, -0.05) is 6.07 Å². The lowest BCUT2D eigenvalue weighted by Crippen LogP contribution is -2.22. The van der Waals surface area contributed by atoms with Crippen LogP contribution in [0.15, 0.2) is 41.1 Å². The van der Waals surface area contributed by atoms with Crippen molar-refractivity contribution in [1.29, 1.82) is 0 Å². The molecule has 1 N–H and O–H groups in total. The van der Waals surface area contributed by atoms with Crippen molar-refractivity contribution in [3.63, 3.8) is 0 Å². The lowest BCUT2D eigenvalue weighted by Gasteiger charge is -2.11. The summed E-state index contributed by atoms with van der Waals surface area (Å²) in [7, 11) is 3.02. The third-order valence-corrected chi connectivity index (χ3v) is 5.58. The van der Waals surface area contributed by atoms with Crippen molar-refractivity contribution in [1.82, 2.24) is 4.98 Å². The largest absolute Gasteiger partial charge is 0.497 e. The first-order chi connectivity index (χ1) is 13.6. The average Bonchev–Trinajstić information content (AvgIpc) is 3.38. The normalized spacial score (nSPS) is 10.4. The highest BCUT2D eigenvalue weighted by Gasteiger charge is 2.14. The van der Waals surface area contributed by atoms with E-state index >= 15 is 0 Å². The van der Waals surface area contributed by atoms with Crippen LogP contribution >= 0.6 is 22.7 Å². The quantitative estimate of drug-likeness (QED) is 0.563. The molecule has 0 fully saturated rings. The number of carbonyl (C=O) groups excluding carboxylic acids is 2. The van der Waals surface area contributed by atoms with Crippen molar-refractivity contribution in [3.8, 4) is 21.4 Å². The highest BCUT2D eigenvalue weighted by Crippen LogP contribution is 2.29. The summed E-state index contributed by atoms with van der Waals surface area (Å²) >= 11 is 3.06. The van der Waals surface area contributed by atoms with E-state index in [-0.39, 0.29) is 6.42 Å². The molecule has 0 aliphatic heterocycles. The van der Waals surface area contributed by atoms with Gasteiger partial charge in [0.2, 0.25) is 0 Å². The Morgan fingerprint density at radius 3 is 2.71 bits per heavy atom. The van der Waals surface area contributed by atoms with E-state index < -0.39 is 18.5 Å². The lowest BCUT2D eigenvalue weighted by molar-refractivity contribution is -0.146. The Morgan fingerprint density at radius 1 is 1.14 bits per heavy atom. The number of hydrogen-bond donors (Lipinski definition) is 1. The number of aromatic nitrogens is 1. The molecule has 0 saturated heterocycles. The summed E-state index contributed by atoms with van der Waals surface area (Å²) in [4.78, 5) is 29.6. The molecule has 3 rings (SSSR count). The molecule has 0 radical (unpaired) electrons. The minimum atomic E-state index is -0.518. The van der Waals surface area contributed by atoms with Crippen LogP contribution in [0.25, 0.3) is 9.88 Å². The van der Waals surface area contributed by atoms with Crippen LogP contribution in [-0.2, 0) is 20.7 Å². The number of hydrogen-bond acceptors (Lipinski definition) is 8. The van der Waals surface area contributed by atoms with Gasteiger partial charge in [0.05, 0.1) is 36.9 Å². The number of thiazole rings is 1. The van der Waals surface area contributed by atoms with Crippen molar-refractivity contribution in [3.05, 3.63) is 46.8 Å². The van der Waals surface area contributed by atoms with Crippen molar-refractivity contribution < 1.29 is 23.8 Å². The van der Waals surface area contributed by atoms with Gasteiger partial charge in [0.25, 0.3) is 5.91 Å². The molecule has 0 aliphatic carbocycles. The van der Waals surface area contributed by atoms with Gasteiger partial charge in [-0.25, -0.2) is 4.98 Å². The average molecular weight is 418 g/mol. The fourth-order valence-corrected chi connectivity index (χ4v) is 3.98. The second kappa shape index (κ2) is 9.34. The van der Waals surface area contributed by atoms with Gasteiger partial charge in [-0.2, -0.15) is 0 Å². The van der Waals surface area contributed by atoms with Crippen LogP contribution in [0.4, 0.5) is 5.69 Å². The van der Waals surface area contributed by atoms with Crippen molar-refractivity contribution >= 4 is 40.2 Å². The summed E-state index contributed by atoms with van der Waals surface area (Å²) < 4.78 is 15.4. The summed E-state index contributed by atoms with van der Waals surface area (Å²) in [6, 6.07) is 8.94. The van der Waals surface area contributed by atoms with Crippen LogP contribution in [0, 0.1) is 0 Å². The molecule has 1 aromatic carbocycles. The molecule has 0 saturated carbocycles. The van der Waals surface area contributed by atoms with Gasteiger partial charge in [-0.05, 0) is 23.6 Å². The summed E-state index contributed by atoms with van der Waals surface area (Å²) in [6.07, 6.45) is 0.0115. The Morgan fingerprint density at radius 2 is 2.00 bits per heavy atom. The molecule has 9 heteroatoms. The topological polar surface area (TPSA) is 86.8 Å². The molecule has 1 amide bonds. The first-order valence-electron chi connectivity index (χ1n) is 8.25. The lowest BCUT2D eigenvalue weighted by atomic mass is 10.2. The van der Waals surface area contributed by atoms with Crippen LogP contribution in [0.2, 0.25) is 0 Å².